The Hall–Kier alpha value is -3.41. The zero-order valence-corrected chi connectivity index (χ0v) is 13.5. The van der Waals surface area contributed by atoms with Crippen molar-refractivity contribution in [2.45, 2.75) is 6.61 Å². The third-order valence-electron chi connectivity index (χ3n) is 3.50. The molecular weight excluding hydrogens is 342 g/mol. The fourth-order valence-corrected chi connectivity index (χ4v) is 2.18. The van der Waals surface area contributed by atoms with E-state index in [-0.39, 0.29) is 23.9 Å². The standard InChI is InChI=1S/C20H14F2O4/c21-14-3-10-20(18(22)11-14)25-12-17-7-6-16(26-17)8-9-19(24)13-1-4-15(23)5-2-13/h1-11,23H,12H2/b9-8+. The molecule has 0 saturated carbocycles. The maximum absolute atomic E-state index is 13.5. The third kappa shape index (κ3) is 4.36. The number of phenols is 1. The van der Waals surface area contributed by atoms with E-state index in [1.54, 1.807) is 12.1 Å². The molecule has 0 fully saturated rings. The number of ether oxygens (including phenoxy) is 1. The van der Waals surface area contributed by atoms with Crippen LogP contribution in [-0.2, 0) is 6.61 Å². The van der Waals surface area contributed by atoms with E-state index >= 15 is 0 Å². The number of hydrogen-bond donors (Lipinski definition) is 1. The first-order valence-electron chi connectivity index (χ1n) is 7.69. The topological polar surface area (TPSA) is 59.7 Å². The highest BCUT2D eigenvalue weighted by atomic mass is 19.1. The Morgan fingerprint density at radius 3 is 2.58 bits per heavy atom. The van der Waals surface area contributed by atoms with E-state index in [1.165, 1.54) is 42.5 Å². The van der Waals surface area contributed by atoms with Crippen molar-refractivity contribution in [1.82, 2.24) is 0 Å². The molecule has 132 valence electrons. The molecule has 3 aromatic rings. The second-order valence-electron chi connectivity index (χ2n) is 5.41. The summed E-state index contributed by atoms with van der Waals surface area (Å²) in [5.41, 5.74) is 0.431. The molecule has 1 N–H and O–H groups in total. The zero-order valence-electron chi connectivity index (χ0n) is 13.5. The van der Waals surface area contributed by atoms with Crippen molar-refractivity contribution in [3.8, 4) is 11.5 Å². The highest BCUT2D eigenvalue weighted by Gasteiger charge is 2.07. The lowest BCUT2D eigenvalue weighted by Crippen LogP contribution is -1.96. The van der Waals surface area contributed by atoms with Crippen LogP contribution in [0.4, 0.5) is 8.78 Å². The van der Waals surface area contributed by atoms with Crippen molar-refractivity contribution in [3.05, 3.63) is 89.4 Å². The summed E-state index contributed by atoms with van der Waals surface area (Å²) in [5, 5.41) is 9.21. The molecule has 0 atom stereocenters. The lowest BCUT2D eigenvalue weighted by atomic mass is 10.1. The lowest BCUT2D eigenvalue weighted by molar-refractivity contribution is 0.104. The molecule has 6 heteroatoms. The summed E-state index contributed by atoms with van der Waals surface area (Å²) in [7, 11) is 0. The first kappa shape index (κ1) is 17.4. The first-order chi connectivity index (χ1) is 12.5. The summed E-state index contributed by atoms with van der Waals surface area (Å²) >= 11 is 0. The molecule has 0 spiro atoms. The van der Waals surface area contributed by atoms with Gasteiger partial charge in [-0.3, -0.25) is 4.79 Å². The van der Waals surface area contributed by atoms with Gasteiger partial charge in [0.1, 0.15) is 29.7 Å². The molecule has 0 bridgehead atoms. The Bertz CT molecular complexity index is 943. The van der Waals surface area contributed by atoms with Gasteiger partial charge in [0.2, 0.25) is 0 Å². The van der Waals surface area contributed by atoms with Crippen molar-refractivity contribution in [2.24, 2.45) is 0 Å². The SMILES string of the molecule is O=C(/C=C/c1ccc(COc2ccc(F)cc2F)o1)c1ccc(O)cc1. The Labute approximate surface area is 148 Å². The highest BCUT2D eigenvalue weighted by molar-refractivity contribution is 6.06. The number of rotatable bonds is 6. The average molecular weight is 356 g/mol. The van der Waals surface area contributed by atoms with Crippen molar-refractivity contribution < 1.29 is 27.8 Å². The summed E-state index contributed by atoms with van der Waals surface area (Å²) in [4.78, 5) is 12.0. The molecule has 4 nitrogen and oxygen atoms in total. The fourth-order valence-electron chi connectivity index (χ4n) is 2.18. The Morgan fingerprint density at radius 1 is 1.08 bits per heavy atom. The summed E-state index contributed by atoms with van der Waals surface area (Å²) in [6.07, 6.45) is 2.84. The van der Waals surface area contributed by atoms with Gasteiger partial charge in [0.05, 0.1) is 0 Å². The van der Waals surface area contributed by atoms with Gasteiger partial charge in [-0.15, -0.1) is 0 Å². The predicted molar refractivity (Wildman–Crippen MR) is 90.9 cm³/mol. The molecular formula is C20H14F2O4. The second-order valence-corrected chi connectivity index (χ2v) is 5.41. The van der Waals surface area contributed by atoms with Gasteiger partial charge < -0.3 is 14.3 Å². The smallest absolute Gasteiger partial charge is 0.185 e. The molecule has 0 unspecified atom stereocenters. The molecule has 1 heterocycles. The zero-order chi connectivity index (χ0) is 18.5. The third-order valence-corrected chi connectivity index (χ3v) is 3.50. The van der Waals surface area contributed by atoms with Crippen LogP contribution in [0.15, 0.2) is 65.1 Å². The normalized spacial score (nSPS) is 11.0. The molecule has 0 radical (unpaired) electrons. The van der Waals surface area contributed by atoms with E-state index in [0.29, 0.717) is 17.1 Å². The predicted octanol–water partition coefficient (Wildman–Crippen LogP) is 4.74. The van der Waals surface area contributed by atoms with E-state index in [1.807, 2.05) is 0 Å². The van der Waals surface area contributed by atoms with Gasteiger partial charge >= 0.3 is 0 Å². The summed E-state index contributed by atoms with van der Waals surface area (Å²) in [6.45, 7) is -0.0394. The number of ketones is 1. The molecule has 0 aliphatic carbocycles. The van der Waals surface area contributed by atoms with Crippen LogP contribution in [0, 0.1) is 11.6 Å². The summed E-state index contributed by atoms with van der Waals surface area (Å²) < 4.78 is 37.1. The monoisotopic (exact) mass is 356 g/mol. The summed E-state index contributed by atoms with van der Waals surface area (Å²) in [6, 6.07) is 12.2. The van der Waals surface area contributed by atoms with Gasteiger partial charge in [0.25, 0.3) is 0 Å². The minimum absolute atomic E-state index is 0.0394. The van der Waals surface area contributed by atoms with Crippen LogP contribution in [-0.4, -0.2) is 10.9 Å². The van der Waals surface area contributed by atoms with Crippen molar-refractivity contribution in [2.75, 3.05) is 0 Å². The number of hydrogen-bond acceptors (Lipinski definition) is 4. The van der Waals surface area contributed by atoms with Crippen LogP contribution >= 0.6 is 0 Å². The molecule has 0 amide bonds. The van der Waals surface area contributed by atoms with Crippen LogP contribution in [0.5, 0.6) is 11.5 Å². The molecule has 1 aromatic heterocycles. The number of furan rings is 1. The number of carbonyl (C=O) groups is 1. The van der Waals surface area contributed by atoms with Gasteiger partial charge in [-0.1, -0.05) is 0 Å². The van der Waals surface area contributed by atoms with Crippen LogP contribution in [0.2, 0.25) is 0 Å². The van der Waals surface area contributed by atoms with E-state index < -0.39 is 11.6 Å². The van der Waals surface area contributed by atoms with Gasteiger partial charge in [0, 0.05) is 11.6 Å². The number of carbonyl (C=O) groups excluding carboxylic acids is 1. The number of phenolic OH excluding ortho intramolecular Hbond substituents is 1. The number of allylic oxidation sites excluding steroid dienone is 1. The Balaban J connectivity index is 1.60. The van der Waals surface area contributed by atoms with E-state index in [0.717, 1.165) is 12.1 Å². The fraction of sp³-hybridized carbons (Fsp3) is 0.0500. The van der Waals surface area contributed by atoms with Crippen LogP contribution in [0.25, 0.3) is 6.08 Å². The quantitative estimate of drug-likeness (QED) is 0.512. The maximum Gasteiger partial charge on any atom is 0.185 e. The Morgan fingerprint density at radius 2 is 1.85 bits per heavy atom. The van der Waals surface area contributed by atoms with Crippen LogP contribution in [0.1, 0.15) is 21.9 Å². The maximum atomic E-state index is 13.5. The lowest BCUT2D eigenvalue weighted by Gasteiger charge is -2.05. The number of aromatic hydroxyl groups is 1. The second kappa shape index (κ2) is 7.65. The summed E-state index contributed by atoms with van der Waals surface area (Å²) in [5.74, 6) is -0.871. The molecule has 26 heavy (non-hydrogen) atoms. The van der Waals surface area contributed by atoms with E-state index in [9.17, 15) is 18.7 Å². The minimum atomic E-state index is -0.795. The van der Waals surface area contributed by atoms with E-state index in [2.05, 4.69) is 0 Å². The van der Waals surface area contributed by atoms with Crippen LogP contribution < -0.4 is 4.74 Å². The minimum Gasteiger partial charge on any atom is -0.508 e. The van der Waals surface area contributed by atoms with Gasteiger partial charge in [0.15, 0.2) is 17.3 Å². The number of halogens is 2. The van der Waals surface area contributed by atoms with Gasteiger partial charge in [-0.2, -0.15) is 0 Å². The van der Waals surface area contributed by atoms with Gasteiger partial charge in [-0.05, 0) is 60.7 Å². The molecule has 3 rings (SSSR count). The van der Waals surface area contributed by atoms with Crippen LogP contribution in [0.3, 0.4) is 0 Å². The van der Waals surface area contributed by atoms with E-state index in [4.69, 9.17) is 9.15 Å². The largest absolute Gasteiger partial charge is 0.508 e. The number of benzene rings is 2. The molecule has 2 aromatic carbocycles. The van der Waals surface area contributed by atoms with Crippen molar-refractivity contribution in [3.63, 3.8) is 0 Å². The average Bonchev–Trinajstić information content (AvgIpc) is 3.07. The molecule has 0 aliphatic rings. The molecule has 0 saturated heterocycles. The molecule has 0 aliphatic heterocycles. The van der Waals surface area contributed by atoms with Crippen molar-refractivity contribution >= 4 is 11.9 Å². The highest BCUT2D eigenvalue weighted by Crippen LogP contribution is 2.20. The Kier molecular flexibility index (Phi) is 5.12. The first-order valence-corrected chi connectivity index (χ1v) is 7.69. The van der Waals surface area contributed by atoms with Gasteiger partial charge in [-0.25, -0.2) is 8.78 Å². The van der Waals surface area contributed by atoms with Crippen molar-refractivity contribution in [1.29, 1.82) is 0 Å².